The Morgan fingerprint density at radius 1 is 1.05 bits per heavy atom. The second-order valence-corrected chi connectivity index (χ2v) is 5.30. The highest BCUT2D eigenvalue weighted by Gasteiger charge is 2.16. The lowest BCUT2D eigenvalue weighted by atomic mass is 9.97. The number of benzene rings is 2. The van der Waals surface area contributed by atoms with Crippen LogP contribution in [0.1, 0.15) is 33.9 Å². The SMILES string of the molecule is Cc1ccc(C(O)c2cc(C)c(F)c(C)c2)c(Cl)c1. The summed E-state index contributed by atoms with van der Waals surface area (Å²) < 4.78 is 13.6. The fourth-order valence-electron chi connectivity index (χ4n) is 2.17. The van der Waals surface area contributed by atoms with Gasteiger partial charge in [0.1, 0.15) is 11.9 Å². The van der Waals surface area contributed by atoms with Crippen molar-refractivity contribution in [2.24, 2.45) is 0 Å². The molecule has 0 bridgehead atoms. The smallest absolute Gasteiger partial charge is 0.129 e. The largest absolute Gasteiger partial charge is 0.384 e. The van der Waals surface area contributed by atoms with E-state index in [4.69, 9.17) is 11.6 Å². The van der Waals surface area contributed by atoms with Crippen molar-refractivity contribution in [1.82, 2.24) is 0 Å². The average Bonchev–Trinajstić information content (AvgIpc) is 2.34. The number of hydrogen-bond donors (Lipinski definition) is 1. The molecule has 2 aromatic carbocycles. The van der Waals surface area contributed by atoms with E-state index in [0.717, 1.165) is 5.56 Å². The summed E-state index contributed by atoms with van der Waals surface area (Å²) in [5, 5.41) is 10.9. The summed E-state index contributed by atoms with van der Waals surface area (Å²) in [6.45, 7) is 5.32. The van der Waals surface area contributed by atoms with Gasteiger partial charge < -0.3 is 5.11 Å². The fourth-order valence-corrected chi connectivity index (χ4v) is 2.51. The lowest BCUT2D eigenvalue weighted by Crippen LogP contribution is -2.03. The maximum atomic E-state index is 13.6. The maximum Gasteiger partial charge on any atom is 0.129 e. The Morgan fingerprint density at radius 2 is 1.63 bits per heavy atom. The van der Waals surface area contributed by atoms with E-state index in [1.54, 1.807) is 32.0 Å². The van der Waals surface area contributed by atoms with Crippen LogP contribution in [0.5, 0.6) is 0 Å². The molecule has 0 saturated heterocycles. The van der Waals surface area contributed by atoms with E-state index in [-0.39, 0.29) is 5.82 Å². The summed E-state index contributed by atoms with van der Waals surface area (Å²) in [6, 6.07) is 8.82. The summed E-state index contributed by atoms with van der Waals surface area (Å²) in [7, 11) is 0. The van der Waals surface area contributed by atoms with Crippen molar-refractivity contribution in [3.8, 4) is 0 Å². The van der Waals surface area contributed by atoms with E-state index in [0.29, 0.717) is 27.3 Å². The van der Waals surface area contributed by atoms with Gasteiger partial charge in [-0.2, -0.15) is 0 Å². The molecule has 2 rings (SSSR count). The molecular formula is C16H16ClFO. The van der Waals surface area contributed by atoms with Gasteiger partial charge in [-0.05, 0) is 49.1 Å². The molecule has 1 unspecified atom stereocenters. The molecule has 100 valence electrons. The second kappa shape index (κ2) is 5.32. The molecule has 1 nitrogen and oxygen atoms in total. The van der Waals surface area contributed by atoms with Gasteiger partial charge in [0, 0.05) is 10.6 Å². The van der Waals surface area contributed by atoms with Gasteiger partial charge >= 0.3 is 0 Å². The number of aliphatic hydroxyl groups is 1. The van der Waals surface area contributed by atoms with Gasteiger partial charge in [-0.1, -0.05) is 35.9 Å². The molecular weight excluding hydrogens is 263 g/mol. The molecule has 0 fully saturated rings. The minimum absolute atomic E-state index is 0.231. The third-order valence-electron chi connectivity index (χ3n) is 3.23. The molecule has 3 heteroatoms. The molecule has 0 aliphatic rings. The Balaban J connectivity index is 2.47. The molecule has 1 atom stereocenters. The predicted octanol–water partition coefficient (Wildman–Crippen LogP) is 4.49. The zero-order valence-electron chi connectivity index (χ0n) is 11.2. The van der Waals surface area contributed by atoms with Crippen LogP contribution >= 0.6 is 11.6 Å². The van der Waals surface area contributed by atoms with E-state index < -0.39 is 6.10 Å². The molecule has 2 aromatic rings. The highest BCUT2D eigenvalue weighted by Crippen LogP contribution is 2.30. The van der Waals surface area contributed by atoms with Crippen LogP contribution in [-0.4, -0.2) is 5.11 Å². The minimum atomic E-state index is -0.842. The Hall–Kier alpha value is -1.38. The molecule has 0 saturated carbocycles. The van der Waals surface area contributed by atoms with Gasteiger partial charge in [0.05, 0.1) is 0 Å². The van der Waals surface area contributed by atoms with Crippen LogP contribution in [0, 0.1) is 26.6 Å². The first-order valence-corrected chi connectivity index (χ1v) is 6.48. The topological polar surface area (TPSA) is 20.2 Å². The van der Waals surface area contributed by atoms with Gasteiger partial charge in [0.15, 0.2) is 0 Å². The summed E-state index contributed by atoms with van der Waals surface area (Å²) in [5.74, 6) is -0.231. The number of rotatable bonds is 2. The van der Waals surface area contributed by atoms with Crippen LogP contribution in [-0.2, 0) is 0 Å². The van der Waals surface area contributed by atoms with Crippen LogP contribution in [0.15, 0.2) is 30.3 Å². The number of aliphatic hydroxyl groups excluding tert-OH is 1. The number of hydrogen-bond acceptors (Lipinski definition) is 1. The highest BCUT2D eigenvalue weighted by atomic mass is 35.5. The first-order valence-electron chi connectivity index (χ1n) is 6.11. The van der Waals surface area contributed by atoms with Crippen LogP contribution in [0.3, 0.4) is 0 Å². The minimum Gasteiger partial charge on any atom is -0.384 e. The van der Waals surface area contributed by atoms with Crippen molar-refractivity contribution in [3.63, 3.8) is 0 Å². The zero-order valence-corrected chi connectivity index (χ0v) is 11.9. The van der Waals surface area contributed by atoms with E-state index in [1.807, 2.05) is 19.1 Å². The molecule has 0 aromatic heterocycles. The lowest BCUT2D eigenvalue weighted by Gasteiger charge is -2.15. The molecule has 1 N–H and O–H groups in total. The molecule has 0 amide bonds. The maximum absolute atomic E-state index is 13.6. The monoisotopic (exact) mass is 278 g/mol. The molecule has 19 heavy (non-hydrogen) atoms. The Labute approximate surface area is 117 Å². The summed E-state index contributed by atoms with van der Waals surface area (Å²) in [4.78, 5) is 0. The summed E-state index contributed by atoms with van der Waals surface area (Å²) >= 11 is 6.15. The summed E-state index contributed by atoms with van der Waals surface area (Å²) in [6.07, 6.45) is -0.842. The van der Waals surface area contributed by atoms with Crippen molar-refractivity contribution in [3.05, 3.63) is 69.0 Å². The Morgan fingerprint density at radius 3 is 2.16 bits per heavy atom. The fraction of sp³-hybridized carbons (Fsp3) is 0.250. The second-order valence-electron chi connectivity index (χ2n) is 4.90. The standard InChI is InChI=1S/C16H16ClFO/c1-9-4-5-13(14(17)6-9)16(19)12-7-10(2)15(18)11(3)8-12/h4-8,16,19H,1-3H3. The van der Waals surface area contributed by atoms with Crippen molar-refractivity contribution in [2.45, 2.75) is 26.9 Å². The lowest BCUT2D eigenvalue weighted by molar-refractivity contribution is 0.220. The molecule has 0 heterocycles. The van der Waals surface area contributed by atoms with E-state index in [9.17, 15) is 9.50 Å². The normalized spacial score (nSPS) is 12.5. The molecule has 0 aliphatic carbocycles. The van der Waals surface area contributed by atoms with Gasteiger partial charge in [-0.3, -0.25) is 0 Å². The third-order valence-corrected chi connectivity index (χ3v) is 3.55. The van der Waals surface area contributed by atoms with Crippen molar-refractivity contribution >= 4 is 11.6 Å². The Bertz CT molecular complexity index is 599. The number of aryl methyl sites for hydroxylation is 3. The van der Waals surface area contributed by atoms with E-state index in [1.165, 1.54) is 0 Å². The van der Waals surface area contributed by atoms with E-state index >= 15 is 0 Å². The van der Waals surface area contributed by atoms with Crippen LogP contribution in [0.4, 0.5) is 4.39 Å². The quantitative estimate of drug-likeness (QED) is 0.858. The van der Waals surface area contributed by atoms with Crippen LogP contribution in [0.25, 0.3) is 0 Å². The molecule has 0 aliphatic heterocycles. The van der Waals surface area contributed by atoms with Gasteiger partial charge in [-0.15, -0.1) is 0 Å². The third kappa shape index (κ3) is 2.80. The van der Waals surface area contributed by atoms with Gasteiger partial charge in [0.2, 0.25) is 0 Å². The van der Waals surface area contributed by atoms with Crippen LogP contribution in [0.2, 0.25) is 5.02 Å². The first kappa shape index (κ1) is 14.0. The highest BCUT2D eigenvalue weighted by molar-refractivity contribution is 6.31. The number of halogens is 2. The predicted molar refractivity (Wildman–Crippen MR) is 76.1 cm³/mol. The van der Waals surface area contributed by atoms with Crippen molar-refractivity contribution < 1.29 is 9.50 Å². The Kier molecular flexibility index (Phi) is 3.93. The van der Waals surface area contributed by atoms with Gasteiger partial charge in [0.25, 0.3) is 0 Å². The van der Waals surface area contributed by atoms with E-state index in [2.05, 4.69) is 0 Å². The summed E-state index contributed by atoms with van der Waals surface area (Å²) in [5.41, 5.74) is 3.38. The molecule has 0 radical (unpaired) electrons. The molecule has 0 spiro atoms. The van der Waals surface area contributed by atoms with Crippen molar-refractivity contribution in [1.29, 1.82) is 0 Å². The average molecular weight is 279 g/mol. The van der Waals surface area contributed by atoms with Crippen molar-refractivity contribution in [2.75, 3.05) is 0 Å². The first-order chi connectivity index (χ1) is 8.90. The van der Waals surface area contributed by atoms with Crippen LogP contribution < -0.4 is 0 Å². The van der Waals surface area contributed by atoms with Gasteiger partial charge in [-0.25, -0.2) is 4.39 Å². The zero-order chi connectivity index (χ0) is 14.2.